The Bertz CT molecular complexity index is 958. The Balaban J connectivity index is 1.38. The number of methoxy groups -OCH3 is 1. The summed E-state index contributed by atoms with van der Waals surface area (Å²) in [7, 11) is 1.58. The number of carbonyl (C=O) groups excluding carboxylic acids is 2. The molecule has 0 bridgehead atoms. The number of amides is 2. The van der Waals surface area contributed by atoms with Gasteiger partial charge < -0.3 is 29.3 Å². The highest BCUT2D eigenvalue weighted by Gasteiger charge is 2.26. The van der Waals surface area contributed by atoms with E-state index in [2.05, 4.69) is 10.2 Å². The minimum atomic E-state index is -0.296. The molecule has 0 atom stereocenters. The zero-order chi connectivity index (χ0) is 22.3. The summed E-state index contributed by atoms with van der Waals surface area (Å²) < 4.78 is 16.3. The molecule has 1 N–H and O–H groups in total. The van der Waals surface area contributed by atoms with Crippen molar-refractivity contribution < 1.29 is 23.8 Å². The lowest BCUT2D eigenvalue weighted by Gasteiger charge is -2.33. The normalized spacial score (nSPS) is 16.2. The molecule has 0 aliphatic carbocycles. The molecule has 170 valence electrons. The fourth-order valence-electron chi connectivity index (χ4n) is 3.99. The van der Waals surface area contributed by atoms with Crippen molar-refractivity contribution in [2.75, 3.05) is 56.7 Å². The van der Waals surface area contributed by atoms with Gasteiger partial charge in [0.2, 0.25) is 0 Å². The third-order valence-corrected chi connectivity index (χ3v) is 5.69. The van der Waals surface area contributed by atoms with Crippen molar-refractivity contribution in [3.8, 4) is 17.2 Å². The largest absolute Gasteiger partial charge is 0.497 e. The van der Waals surface area contributed by atoms with E-state index in [-0.39, 0.29) is 25.0 Å². The summed E-state index contributed by atoms with van der Waals surface area (Å²) in [6, 6.07) is 12.4. The fourth-order valence-corrected chi connectivity index (χ4v) is 3.99. The molecule has 2 amide bonds. The van der Waals surface area contributed by atoms with Crippen molar-refractivity contribution in [1.82, 2.24) is 4.90 Å². The molecule has 0 unspecified atom stereocenters. The first kappa shape index (κ1) is 22.0. The Morgan fingerprint density at radius 1 is 1.06 bits per heavy atom. The highest BCUT2D eigenvalue weighted by molar-refractivity contribution is 5.99. The van der Waals surface area contributed by atoms with Crippen molar-refractivity contribution in [3.05, 3.63) is 42.5 Å². The second-order valence-corrected chi connectivity index (χ2v) is 7.93. The lowest BCUT2D eigenvalue weighted by molar-refractivity contribution is -0.121. The van der Waals surface area contributed by atoms with E-state index in [4.69, 9.17) is 14.2 Å². The molecule has 0 spiro atoms. The van der Waals surface area contributed by atoms with Gasteiger partial charge in [-0.3, -0.25) is 9.59 Å². The molecule has 8 heteroatoms. The van der Waals surface area contributed by atoms with Crippen LogP contribution in [0.3, 0.4) is 0 Å². The second kappa shape index (κ2) is 10.4. The van der Waals surface area contributed by atoms with Crippen molar-refractivity contribution in [2.45, 2.75) is 19.3 Å². The zero-order valence-corrected chi connectivity index (χ0v) is 18.3. The van der Waals surface area contributed by atoms with Crippen LogP contribution in [0.2, 0.25) is 0 Å². The number of ether oxygens (including phenoxy) is 3. The molecule has 2 aliphatic heterocycles. The number of hydrogen-bond acceptors (Lipinski definition) is 6. The molecule has 8 nitrogen and oxygen atoms in total. The number of likely N-dealkylation sites (tertiary alicyclic amines) is 1. The number of hydrogen-bond donors (Lipinski definition) is 1. The summed E-state index contributed by atoms with van der Waals surface area (Å²) in [5.74, 6) is 1.49. The van der Waals surface area contributed by atoms with Gasteiger partial charge in [-0.25, -0.2) is 0 Å². The van der Waals surface area contributed by atoms with E-state index in [9.17, 15) is 9.59 Å². The molecule has 0 radical (unpaired) electrons. The van der Waals surface area contributed by atoms with Crippen LogP contribution in [0, 0.1) is 0 Å². The topological polar surface area (TPSA) is 80.3 Å². The van der Waals surface area contributed by atoms with Crippen LogP contribution in [0.4, 0.5) is 11.4 Å². The predicted molar refractivity (Wildman–Crippen MR) is 122 cm³/mol. The Morgan fingerprint density at radius 2 is 1.88 bits per heavy atom. The van der Waals surface area contributed by atoms with Gasteiger partial charge in [0.1, 0.15) is 17.2 Å². The first-order valence-electron chi connectivity index (χ1n) is 11.0. The Labute approximate surface area is 188 Å². The first-order valence-corrected chi connectivity index (χ1v) is 11.0. The van der Waals surface area contributed by atoms with Crippen LogP contribution in [0.15, 0.2) is 42.5 Å². The number of nitrogens with one attached hydrogen (secondary N) is 1. The molecule has 0 aromatic heterocycles. The minimum absolute atomic E-state index is 0.0348. The van der Waals surface area contributed by atoms with Gasteiger partial charge >= 0.3 is 0 Å². The van der Waals surface area contributed by atoms with Gasteiger partial charge in [-0.05, 0) is 56.3 Å². The SMILES string of the molecule is COc1cccc(OCC(=O)Nc2ccc3c(c2)N(CCN2CCCCC2)C(=O)CO3)c1. The van der Waals surface area contributed by atoms with E-state index in [1.54, 1.807) is 54.5 Å². The number of nitrogens with zero attached hydrogens (tertiary/aromatic N) is 2. The van der Waals surface area contributed by atoms with Crippen LogP contribution in [0.1, 0.15) is 19.3 Å². The third-order valence-electron chi connectivity index (χ3n) is 5.69. The molecular formula is C24H29N3O5. The summed E-state index contributed by atoms with van der Waals surface area (Å²) in [5.41, 5.74) is 1.27. The monoisotopic (exact) mass is 439 g/mol. The van der Waals surface area contributed by atoms with Crippen molar-refractivity contribution >= 4 is 23.2 Å². The van der Waals surface area contributed by atoms with Crippen LogP contribution >= 0.6 is 0 Å². The first-order chi connectivity index (χ1) is 15.6. The number of rotatable bonds is 8. The highest BCUT2D eigenvalue weighted by Crippen LogP contribution is 2.34. The Hall–Kier alpha value is -3.26. The van der Waals surface area contributed by atoms with E-state index in [0.717, 1.165) is 19.6 Å². The number of benzene rings is 2. The van der Waals surface area contributed by atoms with E-state index >= 15 is 0 Å². The average molecular weight is 440 g/mol. The molecule has 1 fully saturated rings. The Kier molecular flexibility index (Phi) is 7.11. The van der Waals surface area contributed by atoms with E-state index in [1.807, 2.05) is 0 Å². The average Bonchev–Trinajstić information content (AvgIpc) is 2.83. The van der Waals surface area contributed by atoms with Gasteiger partial charge in [-0.2, -0.15) is 0 Å². The smallest absolute Gasteiger partial charge is 0.265 e. The molecule has 2 aliphatic rings. The van der Waals surface area contributed by atoms with Crippen LogP contribution in [-0.4, -0.2) is 63.2 Å². The minimum Gasteiger partial charge on any atom is -0.497 e. The molecular weight excluding hydrogens is 410 g/mol. The van der Waals surface area contributed by atoms with E-state index in [0.29, 0.717) is 35.2 Å². The van der Waals surface area contributed by atoms with E-state index in [1.165, 1.54) is 19.3 Å². The Morgan fingerprint density at radius 3 is 2.69 bits per heavy atom. The molecule has 32 heavy (non-hydrogen) atoms. The number of fused-ring (bicyclic) bond motifs is 1. The second-order valence-electron chi connectivity index (χ2n) is 7.93. The number of anilines is 2. The molecule has 2 aromatic carbocycles. The zero-order valence-electron chi connectivity index (χ0n) is 18.3. The predicted octanol–water partition coefficient (Wildman–Crippen LogP) is 2.92. The lowest BCUT2D eigenvalue weighted by atomic mass is 10.1. The van der Waals surface area contributed by atoms with Crippen LogP contribution in [0.25, 0.3) is 0 Å². The van der Waals surface area contributed by atoms with Gasteiger partial charge in [0.15, 0.2) is 13.2 Å². The maximum Gasteiger partial charge on any atom is 0.265 e. The quantitative estimate of drug-likeness (QED) is 0.681. The summed E-state index contributed by atoms with van der Waals surface area (Å²) in [6.45, 7) is 3.48. The highest BCUT2D eigenvalue weighted by atomic mass is 16.5. The van der Waals surface area contributed by atoms with Crippen molar-refractivity contribution in [2.24, 2.45) is 0 Å². The summed E-state index contributed by atoms with van der Waals surface area (Å²) in [6.07, 6.45) is 3.70. The van der Waals surface area contributed by atoms with Crippen LogP contribution < -0.4 is 24.4 Å². The van der Waals surface area contributed by atoms with Gasteiger partial charge in [0.25, 0.3) is 11.8 Å². The van der Waals surface area contributed by atoms with Crippen LogP contribution in [0.5, 0.6) is 17.2 Å². The van der Waals surface area contributed by atoms with Gasteiger partial charge in [0, 0.05) is 24.8 Å². The molecule has 2 aromatic rings. The number of carbonyl (C=O) groups is 2. The summed E-state index contributed by atoms with van der Waals surface area (Å²) >= 11 is 0. The summed E-state index contributed by atoms with van der Waals surface area (Å²) in [4.78, 5) is 29.1. The standard InChI is InChI=1S/C24H29N3O5/c1-30-19-6-5-7-20(15-19)31-16-23(28)25-18-8-9-22-21(14-18)27(24(29)17-32-22)13-12-26-10-3-2-4-11-26/h5-9,14-15H,2-4,10-13,16-17H2,1H3,(H,25,28). The maximum atomic E-state index is 12.5. The maximum absolute atomic E-state index is 12.5. The lowest BCUT2D eigenvalue weighted by Crippen LogP contribution is -2.44. The molecule has 0 saturated carbocycles. The summed E-state index contributed by atoms with van der Waals surface area (Å²) in [5, 5.41) is 2.83. The fraction of sp³-hybridized carbons (Fsp3) is 0.417. The molecule has 2 heterocycles. The van der Waals surface area contributed by atoms with Crippen molar-refractivity contribution in [3.63, 3.8) is 0 Å². The van der Waals surface area contributed by atoms with Gasteiger partial charge in [-0.1, -0.05) is 12.5 Å². The van der Waals surface area contributed by atoms with Crippen LogP contribution in [-0.2, 0) is 9.59 Å². The van der Waals surface area contributed by atoms with E-state index < -0.39 is 0 Å². The number of piperidine rings is 1. The molecule has 4 rings (SSSR count). The van der Waals surface area contributed by atoms with Crippen molar-refractivity contribution in [1.29, 1.82) is 0 Å². The molecule has 1 saturated heterocycles. The third kappa shape index (κ3) is 5.50. The van der Waals surface area contributed by atoms with Gasteiger partial charge in [-0.15, -0.1) is 0 Å². The van der Waals surface area contributed by atoms with Gasteiger partial charge in [0.05, 0.1) is 12.8 Å².